The summed E-state index contributed by atoms with van der Waals surface area (Å²) in [6.45, 7) is 4.62. The number of nitrogens with one attached hydrogen (secondary N) is 1. The maximum Gasteiger partial charge on any atom is 0.261 e. The van der Waals surface area contributed by atoms with Crippen molar-refractivity contribution in [3.8, 4) is 0 Å². The van der Waals surface area contributed by atoms with E-state index in [1.807, 2.05) is 13.0 Å². The van der Waals surface area contributed by atoms with Crippen LogP contribution in [0.1, 0.15) is 41.4 Å². The number of carbonyl (C=O) groups excluding carboxylic acids is 1. The Morgan fingerprint density at radius 3 is 2.84 bits per heavy atom. The van der Waals surface area contributed by atoms with Gasteiger partial charge in [-0.25, -0.2) is 4.39 Å². The molecule has 1 heterocycles. The van der Waals surface area contributed by atoms with E-state index in [-0.39, 0.29) is 11.7 Å². The number of halogens is 1. The summed E-state index contributed by atoms with van der Waals surface area (Å²) >= 11 is 1.36. The van der Waals surface area contributed by atoms with Crippen LogP contribution < -0.4 is 5.32 Å². The molecule has 0 aliphatic carbocycles. The number of benzene rings is 1. The highest BCUT2D eigenvalue weighted by atomic mass is 32.1. The number of amides is 1. The minimum absolute atomic E-state index is 0.0887. The van der Waals surface area contributed by atoms with Crippen LogP contribution in [0.3, 0.4) is 0 Å². The van der Waals surface area contributed by atoms with Crippen molar-refractivity contribution >= 4 is 27.3 Å². The van der Waals surface area contributed by atoms with Gasteiger partial charge in [-0.15, -0.1) is 11.3 Å². The van der Waals surface area contributed by atoms with Crippen molar-refractivity contribution in [2.75, 3.05) is 6.54 Å². The Morgan fingerprint density at radius 1 is 1.37 bits per heavy atom. The zero-order valence-electron chi connectivity index (χ0n) is 11.3. The lowest BCUT2D eigenvalue weighted by atomic mass is 10.1. The van der Waals surface area contributed by atoms with Crippen molar-refractivity contribution in [3.63, 3.8) is 0 Å². The predicted molar refractivity (Wildman–Crippen MR) is 78.4 cm³/mol. The number of hydrogen-bond donors (Lipinski definition) is 1. The van der Waals surface area contributed by atoms with Gasteiger partial charge in [-0.1, -0.05) is 25.8 Å². The van der Waals surface area contributed by atoms with Crippen LogP contribution in [0.5, 0.6) is 0 Å². The van der Waals surface area contributed by atoms with Crippen molar-refractivity contribution in [3.05, 3.63) is 34.5 Å². The first-order valence-electron chi connectivity index (χ1n) is 6.61. The fourth-order valence-corrected chi connectivity index (χ4v) is 3.27. The van der Waals surface area contributed by atoms with Crippen molar-refractivity contribution in [2.45, 2.75) is 33.1 Å². The highest BCUT2D eigenvalue weighted by Crippen LogP contribution is 2.32. The van der Waals surface area contributed by atoms with Gasteiger partial charge in [0.2, 0.25) is 0 Å². The Kier molecular flexibility index (Phi) is 4.53. The van der Waals surface area contributed by atoms with Gasteiger partial charge < -0.3 is 5.32 Å². The van der Waals surface area contributed by atoms with Crippen molar-refractivity contribution < 1.29 is 9.18 Å². The van der Waals surface area contributed by atoms with E-state index in [0.717, 1.165) is 29.5 Å². The topological polar surface area (TPSA) is 29.1 Å². The first kappa shape index (κ1) is 14.0. The van der Waals surface area contributed by atoms with E-state index >= 15 is 0 Å². The third kappa shape index (κ3) is 2.95. The fourth-order valence-electron chi connectivity index (χ4n) is 2.13. The summed E-state index contributed by atoms with van der Waals surface area (Å²) in [7, 11) is 0. The Bertz CT molecular complexity index is 591. The third-order valence-electron chi connectivity index (χ3n) is 3.18. The van der Waals surface area contributed by atoms with E-state index in [1.54, 1.807) is 6.07 Å². The highest BCUT2D eigenvalue weighted by Gasteiger charge is 2.17. The van der Waals surface area contributed by atoms with Crippen LogP contribution in [-0.4, -0.2) is 12.5 Å². The summed E-state index contributed by atoms with van der Waals surface area (Å²) in [6, 6.07) is 4.96. The number of rotatable bonds is 5. The van der Waals surface area contributed by atoms with Gasteiger partial charge in [0, 0.05) is 16.6 Å². The number of thiophene rings is 1. The second-order valence-corrected chi connectivity index (χ2v) is 5.68. The maximum atomic E-state index is 13.8. The zero-order valence-corrected chi connectivity index (χ0v) is 12.1. The molecular weight excluding hydrogens is 261 g/mol. The summed E-state index contributed by atoms with van der Waals surface area (Å²) in [4.78, 5) is 12.7. The van der Waals surface area contributed by atoms with E-state index in [4.69, 9.17) is 0 Å². The largest absolute Gasteiger partial charge is 0.351 e. The average molecular weight is 279 g/mol. The lowest BCUT2D eigenvalue weighted by Gasteiger charge is -2.03. The van der Waals surface area contributed by atoms with E-state index < -0.39 is 0 Å². The van der Waals surface area contributed by atoms with E-state index in [0.29, 0.717) is 16.8 Å². The van der Waals surface area contributed by atoms with Crippen LogP contribution in [0.2, 0.25) is 0 Å². The molecule has 1 N–H and O–H groups in total. The molecule has 2 rings (SSSR count). The molecule has 0 atom stereocenters. The smallest absolute Gasteiger partial charge is 0.261 e. The molecule has 1 aromatic heterocycles. The maximum absolute atomic E-state index is 13.8. The Balaban J connectivity index is 2.18. The lowest BCUT2D eigenvalue weighted by molar-refractivity contribution is 0.0956. The van der Waals surface area contributed by atoms with Gasteiger partial charge in [0.25, 0.3) is 5.91 Å². The summed E-state index contributed by atoms with van der Waals surface area (Å²) in [5.74, 6) is -0.342. The van der Waals surface area contributed by atoms with E-state index in [2.05, 4.69) is 12.2 Å². The second kappa shape index (κ2) is 6.15. The first-order chi connectivity index (χ1) is 9.15. The monoisotopic (exact) mass is 279 g/mol. The van der Waals surface area contributed by atoms with Crippen molar-refractivity contribution in [1.29, 1.82) is 0 Å². The van der Waals surface area contributed by atoms with E-state index in [1.165, 1.54) is 17.4 Å². The summed E-state index contributed by atoms with van der Waals surface area (Å²) < 4.78 is 14.6. The molecule has 0 saturated carbocycles. The zero-order chi connectivity index (χ0) is 13.8. The van der Waals surface area contributed by atoms with Crippen LogP contribution in [0, 0.1) is 12.7 Å². The molecule has 2 nitrogen and oxygen atoms in total. The van der Waals surface area contributed by atoms with E-state index in [9.17, 15) is 9.18 Å². The molecule has 0 bridgehead atoms. The molecule has 0 unspecified atom stereocenters. The normalized spacial score (nSPS) is 10.9. The number of carbonyl (C=O) groups is 1. The molecule has 102 valence electrons. The van der Waals surface area contributed by atoms with Gasteiger partial charge in [-0.2, -0.15) is 0 Å². The SMILES string of the molecule is CCCCCNC(=O)c1sc2cccc(F)c2c1C. The molecule has 0 aliphatic rings. The predicted octanol–water partition coefficient (Wildman–Crippen LogP) is 4.27. The van der Waals surface area contributed by atoms with Crippen LogP contribution in [0.15, 0.2) is 18.2 Å². The van der Waals surface area contributed by atoms with Crippen LogP contribution in [0.25, 0.3) is 10.1 Å². The Morgan fingerprint density at radius 2 is 2.16 bits per heavy atom. The fraction of sp³-hybridized carbons (Fsp3) is 0.400. The number of fused-ring (bicyclic) bond motifs is 1. The molecule has 0 saturated heterocycles. The van der Waals surface area contributed by atoms with Crippen LogP contribution in [-0.2, 0) is 0 Å². The van der Waals surface area contributed by atoms with Crippen molar-refractivity contribution in [2.24, 2.45) is 0 Å². The van der Waals surface area contributed by atoms with Gasteiger partial charge in [-0.3, -0.25) is 4.79 Å². The van der Waals surface area contributed by atoms with Gasteiger partial charge >= 0.3 is 0 Å². The number of hydrogen-bond acceptors (Lipinski definition) is 2. The molecule has 1 amide bonds. The summed E-state index contributed by atoms with van der Waals surface area (Å²) in [6.07, 6.45) is 3.23. The highest BCUT2D eigenvalue weighted by molar-refractivity contribution is 7.21. The van der Waals surface area contributed by atoms with Crippen LogP contribution >= 0.6 is 11.3 Å². The van der Waals surface area contributed by atoms with Crippen molar-refractivity contribution in [1.82, 2.24) is 5.32 Å². The third-order valence-corrected chi connectivity index (χ3v) is 4.43. The van der Waals surface area contributed by atoms with Gasteiger partial charge in [0.15, 0.2) is 0 Å². The average Bonchev–Trinajstić information content (AvgIpc) is 2.73. The molecule has 4 heteroatoms. The summed E-state index contributed by atoms with van der Waals surface area (Å²) in [5.41, 5.74) is 0.742. The molecule has 2 aromatic rings. The molecule has 0 radical (unpaired) electrons. The first-order valence-corrected chi connectivity index (χ1v) is 7.42. The number of unbranched alkanes of at least 4 members (excludes halogenated alkanes) is 2. The molecule has 1 aromatic carbocycles. The van der Waals surface area contributed by atoms with Gasteiger partial charge in [0.05, 0.1) is 4.88 Å². The molecule has 19 heavy (non-hydrogen) atoms. The minimum Gasteiger partial charge on any atom is -0.351 e. The van der Waals surface area contributed by atoms with Gasteiger partial charge in [0.1, 0.15) is 5.82 Å². The lowest BCUT2D eigenvalue weighted by Crippen LogP contribution is -2.24. The van der Waals surface area contributed by atoms with Gasteiger partial charge in [-0.05, 0) is 31.0 Å². The Labute approximate surface area is 116 Å². The second-order valence-electron chi connectivity index (χ2n) is 4.63. The molecule has 0 fully saturated rings. The number of aryl methyl sites for hydroxylation is 1. The molecule has 0 spiro atoms. The van der Waals surface area contributed by atoms with Crippen LogP contribution in [0.4, 0.5) is 4.39 Å². The quantitative estimate of drug-likeness (QED) is 0.814. The standard InChI is InChI=1S/C15H18FNOS/c1-3-4-5-9-17-15(18)14-10(2)13-11(16)7-6-8-12(13)19-14/h6-8H,3-5,9H2,1-2H3,(H,17,18). The summed E-state index contributed by atoms with van der Waals surface area (Å²) in [5, 5.41) is 3.48. The molecule has 0 aliphatic heterocycles. The molecular formula is C15H18FNOS. The minimum atomic E-state index is -0.253. The Hall–Kier alpha value is -1.42.